The van der Waals surface area contributed by atoms with Gasteiger partial charge in [-0.2, -0.15) is 8.42 Å². The topological polar surface area (TPSA) is 61.8 Å². The highest BCUT2D eigenvalue weighted by molar-refractivity contribution is 7.86. The van der Waals surface area contributed by atoms with Crippen LogP contribution < -0.4 is 0 Å². The Labute approximate surface area is 174 Å². The zero-order valence-electron chi connectivity index (χ0n) is 17.0. The summed E-state index contributed by atoms with van der Waals surface area (Å²) in [4.78, 5) is 0.192. The van der Waals surface area contributed by atoms with Crippen LogP contribution in [-0.4, -0.2) is 34.5 Å². The van der Waals surface area contributed by atoms with Crippen molar-refractivity contribution in [2.24, 2.45) is 0 Å². The summed E-state index contributed by atoms with van der Waals surface area (Å²) in [6, 6.07) is 16.8. The lowest BCUT2D eigenvalue weighted by molar-refractivity contribution is -0.163. The first-order valence-corrected chi connectivity index (χ1v) is 11.7. The standard InChI is InChI=1S/C23H30O5S/c1-19-10-12-22(13-11-19)29(24,25)28-18-15-21(20-7-3-2-4-8-20)14-17-27-23-9-5-6-16-26-23/h2-4,7-8,10-13,21,23H,5-6,9,14-18H2,1H3. The molecule has 3 rings (SSSR count). The molecular weight excluding hydrogens is 388 g/mol. The number of aryl methyl sites for hydroxylation is 1. The molecule has 2 atom stereocenters. The summed E-state index contributed by atoms with van der Waals surface area (Å²) in [6.07, 6.45) is 4.45. The second-order valence-electron chi connectivity index (χ2n) is 7.44. The SMILES string of the molecule is Cc1ccc(S(=O)(=O)OCCC(CCOC2CCCCO2)c2ccccc2)cc1. The second-order valence-corrected chi connectivity index (χ2v) is 9.06. The molecule has 5 nitrogen and oxygen atoms in total. The van der Waals surface area contributed by atoms with Crippen LogP contribution in [0.5, 0.6) is 0 Å². The van der Waals surface area contributed by atoms with Gasteiger partial charge < -0.3 is 9.47 Å². The summed E-state index contributed by atoms with van der Waals surface area (Å²) in [7, 11) is -3.74. The Bertz CT molecular complexity index is 827. The molecule has 0 amide bonds. The summed E-state index contributed by atoms with van der Waals surface area (Å²) in [5, 5.41) is 0. The zero-order valence-corrected chi connectivity index (χ0v) is 17.8. The molecule has 0 radical (unpaired) electrons. The van der Waals surface area contributed by atoms with Gasteiger partial charge in [0.15, 0.2) is 6.29 Å². The molecule has 2 aromatic rings. The van der Waals surface area contributed by atoms with E-state index in [0.29, 0.717) is 13.0 Å². The number of hydrogen-bond donors (Lipinski definition) is 0. The fourth-order valence-electron chi connectivity index (χ4n) is 3.46. The fourth-order valence-corrected chi connectivity index (χ4v) is 4.38. The highest BCUT2D eigenvalue weighted by Crippen LogP contribution is 2.25. The maximum absolute atomic E-state index is 12.4. The third kappa shape index (κ3) is 6.93. The molecule has 29 heavy (non-hydrogen) atoms. The average molecular weight is 419 g/mol. The van der Waals surface area contributed by atoms with Gasteiger partial charge in [0, 0.05) is 6.61 Å². The number of ether oxygens (including phenoxy) is 2. The Morgan fingerprint density at radius 2 is 1.72 bits per heavy atom. The predicted octanol–water partition coefficient (Wildman–Crippen LogP) is 4.81. The van der Waals surface area contributed by atoms with E-state index in [1.54, 1.807) is 24.3 Å². The zero-order chi connectivity index (χ0) is 20.5. The van der Waals surface area contributed by atoms with Gasteiger partial charge >= 0.3 is 0 Å². The normalized spacial score (nSPS) is 18.4. The molecule has 0 N–H and O–H groups in total. The van der Waals surface area contributed by atoms with Gasteiger partial charge in [0.2, 0.25) is 0 Å². The van der Waals surface area contributed by atoms with Gasteiger partial charge in [0.1, 0.15) is 0 Å². The van der Waals surface area contributed by atoms with Gasteiger partial charge in [-0.25, -0.2) is 0 Å². The van der Waals surface area contributed by atoms with Crippen molar-refractivity contribution in [3.05, 3.63) is 65.7 Å². The third-order valence-corrected chi connectivity index (χ3v) is 6.52. The molecular formula is C23H30O5S. The van der Waals surface area contributed by atoms with Crippen molar-refractivity contribution in [3.8, 4) is 0 Å². The fraction of sp³-hybridized carbons (Fsp3) is 0.478. The number of benzene rings is 2. The first-order valence-electron chi connectivity index (χ1n) is 10.3. The molecule has 1 aliphatic heterocycles. The number of hydrogen-bond acceptors (Lipinski definition) is 5. The minimum atomic E-state index is -3.74. The van der Waals surface area contributed by atoms with Crippen molar-refractivity contribution in [3.63, 3.8) is 0 Å². The van der Waals surface area contributed by atoms with E-state index in [9.17, 15) is 8.42 Å². The van der Waals surface area contributed by atoms with Crippen LogP contribution in [0.2, 0.25) is 0 Å². The minimum Gasteiger partial charge on any atom is -0.353 e. The Morgan fingerprint density at radius 3 is 2.41 bits per heavy atom. The molecule has 1 fully saturated rings. The summed E-state index contributed by atoms with van der Waals surface area (Å²) in [5.41, 5.74) is 2.17. The Balaban J connectivity index is 1.54. The molecule has 0 aromatic heterocycles. The van der Waals surface area contributed by atoms with Crippen LogP contribution >= 0.6 is 0 Å². The second kappa shape index (κ2) is 10.9. The summed E-state index contributed by atoms with van der Waals surface area (Å²) in [6.45, 7) is 3.39. The van der Waals surface area contributed by atoms with Gasteiger partial charge in [-0.3, -0.25) is 4.18 Å². The van der Waals surface area contributed by atoms with Gasteiger partial charge in [-0.05, 0) is 62.6 Å². The molecule has 6 heteroatoms. The maximum atomic E-state index is 12.4. The average Bonchev–Trinajstić information content (AvgIpc) is 2.74. The van der Waals surface area contributed by atoms with Crippen molar-refractivity contribution < 1.29 is 22.1 Å². The molecule has 2 aromatic carbocycles. The monoisotopic (exact) mass is 418 g/mol. The molecule has 1 saturated heterocycles. The van der Waals surface area contributed by atoms with E-state index in [4.69, 9.17) is 13.7 Å². The predicted molar refractivity (Wildman–Crippen MR) is 112 cm³/mol. The molecule has 2 unspecified atom stereocenters. The molecule has 1 heterocycles. The van der Waals surface area contributed by atoms with E-state index >= 15 is 0 Å². The molecule has 0 spiro atoms. The highest BCUT2D eigenvalue weighted by atomic mass is 32.2. The van der Waals surface area contributed by atoms with Crippen molar-refractivity contribution in [2.45, 2.75) is 56.1 Å². The third-order valence-electron chi connectivity index (χ3n) is 5.19. The molecule has 0 saturated carbocycles. The van der Waals surface area contributed by atoms with Crippen molar-refractivity contribution in [1.82, 2.24) is 0 Å². The molecule has 158 valence electrons. The van der Waals surface area contributed by atoms with E-state index in [2.05, 4.69) is 12.1 Å². The largest absolute Gasteiger partial charge is 0.353 e. The summed E-state index contributed by atoms with van der Waals surface area (Å²) in [5.74, 6) is 0.160. The minimum absolute atomic E-state index is 0.113. The Morgan fingerprint density at radius 1 is 1.00 bits per heavy atom. The lowest BCUT2D eigenvalue weighted by Crippen LogP contribution is -2.23. The van der Waals surface area contributed by atoms with Gasteiger partial charge in [0.25, 0.3) is 10.1 Å². The van der Waals surface area contributed by atoms with Gasteiger partial charge in [-0.1, -0.05) is 48.0 Å². The lowest BCUT2D eigenvalue weighted by Gasteiger charge is -2.24. The van der Waals surface area contributed by atoms with Crippen LogP contribution in [0, 0.1) is 6.92 Å². The first kappa shape index (κ1) is 22.0. The Hall–Kier alpha value is -1.73. The Kier molecular flexibility index (Phi) is 8.24. The van der Waals surface area contributed by atoms with Crippen LogP contribution in [0.15, 0.2) is 59.5 Å². The first-order chi connectivity index (χ1) is 14.0. The number of rotatable bonds is 10. The van der Waals surface area contributed by atoms with Crippen LogP contribution in [0.25, 0.3) is 0 Å². The van der Waals surface area contributed by atoms with Crippen LogP contribution in [0.1, 0.15) is 49.1 Å². The highest BCUT2D eigenvalue weighted by Gasteiger charge is 2.19. The van der Waals surface area contributed by atoms with Crippen molar-refractivity contribution >= 4 is 10.1 Å². The van der Waals surface area contributed by atoms with Crippen LogP contribution in [0.3, 0.4) is 0 Å². The summed E-state index contributed by atoms with van der Waals surface area (Å²) < 4.78 is 41.7. The van der Waals surface area contributed by atoms with E-state index < -0.39 is 10.1 Å². The van der Waals surface area contributed by atoms with Crippen LogP contribution in [-0.2, 0) is 23.8 Å². The molecule has 0 aliphatic carbocycles. The maximum Gasteiger partial charge on any atom is 0.296 e. The van der Waals surface area contributed by atoms with Gasteiger partial charge in [0.05, 0.1) is 18.1 Å². The lowest BCUT2D eigenvalue weighted by atomic mass is 9.93. The van der Waals surface area contributed by atoms with Crippen LogP contribution in [0.4, 0.5) is 0 Å². The van der Waals surface area contributed by atoms with E-state index in [1.807, 2.05) is 25.1 Å². The van der Waals surface area contributed by atoms with E-state index in [1.165, 1.54) is 0 Å². The smallest absolute Gasteiger partial charge is 0.296 e. The molecule has 1 aliphatic rings. The van der Waals surface area contributed by atoms with Crippen molar-refractivity contribution in [1.29, 1.82) is 0 Å². The quantitative estimate of drug-likeness (QED) is 0.518. The summed E-state index contributed by atoms with van der Waals surface area (Å²) >= 11 is 0. The molecule has 0 bridgehead atoms. The van der Waals surface area contributed by atoms with Crippen molar-refractivity contribution in [2.75, 3.05) is 19.8 Å². The van der Waals surface area contributed by atoms with Gasteiger partial charge in [-0.15, -0.1) is 0 Å². The van der Waals surface area contributed by atoms with E-state index in [-0.39, 0.29) is 23.7 Å². The van der Waals surface area contributed by atoms with E-state index in [0.717, 1.165) is 43.4 Å².